The topological polar surface area (TPSA) is 26.3 Å². The van der Waals surface area contributed by atoms with Crippen LogP contribution in [-0.2, 0) is 11.2 Å². The van der Waals surface area contributed by atoms with E-state index < -0.39 is 0 Å². The van der Waals surface area contributed by atoms with Gasteiger partial charge in [0.2, 0.25) is 0 Å². The van der Waals surface area contributed by atoms with Gasteiger partial charge in [-0.1, -0.05) is 39.3 Å². The number of carbonyl (C=O) groups is 1. The molecule has 0 N–H and O–H groups in total. The molecule has 0 saturated heterocycles. The lowest BCUT2D eigenvalue weighted by atomic mass is 9.91. The van der Waals surface area contributed by atoms with E-state index >= 15 is 0 Å². The highest BCUT2D eigenvalue weighted by Crippen LogP contribution is 2.35. The fourth-order valence-corrected chi connectivity index (χ4v) is 3.04. The maximum atomic E-state index is 11.8. The Bertz CT molecular complexity index is 494. The van der Waals surface area contributed by atoms with Crippen LogP contribution in [0.4, 0.5) is 0 Å². The van der Waals surface area contributed by atoms with Crippen LogP contribution >= 0.6 is 11.6 Å². The van der Waals surface area contributed by atoms with Gasteiger partial charge in [-0.2, -0.15) is 0 Å². The molecule has 0 heterocycles. The first kappa shape index (κ1) is 19.0. The van der Waals surface area contributed by atoms with E-state index in [0.717, 1.165) is 34.7 Å². The highest BCUT2D eigenvalue weighted by Gasteiger charge is 2.17. The molecule has 2 nitrogen and oxygen atoms in total. The second kappa shape index (κ2) is 9.19. The number of ketones is 1. The number of hydrogen-bond acceptors (Lipinski definition) is 2. The zero-order chi connectivity index (χ0) is 16.7. The van der Waals surface area contributed by atoms with Gasteiger partial charge in [0, 0.05) is 17.9 Å². The van der Waals surface area contributed by atoms with Gasteiger partial charge in [0.1, 0.15) is 11.5 Å². The summed E-state index contributed by atoms with van der Waals surface area (Å²) in [5, 5.41) is 0.745. The van der Waals surface area contributed by atoms with E-state index in [1.165, 1.54) is 0 Å². The Morgan fingerprint density at radius 3 is 2.45 bits per heavy atom. The second-order valence-corrected chi connectivity index (χ2v) is 6.81. The summed E-state index contributed by atoms with van der Waals surface area (Å²) in [5.74, 6) is 1.96. The van der Waals surface area contributed by atoms with Crippen molar-refractivity contribution in [2.75, 3.05) is 6.61 Å². The van der Waals surface area contributed by atoms with Crippen LogP contribution in [0.2, 0.25) is 5.02 Å². The van der Waals surface area contributed by atoms with E-state index in [1.54, 1.807) is 0 Å². The van der Waals surface area contributed by atoms with Crippen molar-refractivity contribution in [3.8, 4) is 5.75 Å². The Morgan fingerprint density at radius 1 is 1.23 bits per heavy atom. The molecule has 0 fully saturated rings. The van der Waals surface area contributed by atoms with Crippen molar-refractivity contribution in [1.82, 2.24) is 0 Å². The lowest BCUT2D eigenvalue weighted by Crippen LogP contribution is -2.10. The van der Waals surface area contributed by atoms with Crippen molar-refractivity contribution in [3.05, 3.63) is 28.3 Å². The highest BCUT2D eigenvalue weighted by molar-refractivity contribution is 6.30. The molecule has 0 radical (unpaired) electrons. The predicted molar refractivity (Wildman–Crippen MR) is 94.1 cm³/mol. The first-order valence-electron chi connectivity index (χ1n) is 8.35. The summed E-state index contributed by atoms with van der Waals surface area (Å²) in [6.45, 7) is 11.1. The molecule has 1 atom stereocenters. The zero-order valence-corrected chi connectivity index (χ0v) is 15.3. The third kappa shape index (κ3) is 5.64. The van der Waals surface area contributed by atoms with Gasteiger partial charge < -0.3 is 4.74 Å². The SMILES string of the molecule is CCCC(=O)CC(C)Cc1cc(Cl)cc(C(C)C)c1OCC. The molecule has 1 unspecified atom stereocenters. The van der Waals surface area contributed by atoms with Gasteiger partial charge in [-0.25, -0.2) is 0 Å². The molecule has 0 saturated carbocycles. The molecule has 0 aromatic heterocycles. The Balaban J connectivity index is 2.99. The highest BCUT2D eigenvalue weighted by atomic mass is 35.5. The average Bonchev–Trinajstić information content (AvgIpc) is 2.41. The van der Waals surface area contributed by atoms with E-state index in [4.69, 9.17) is 16.3 Å². The summed E-state index contributed by atoms with van der Waals surface area (Å²) in [7, 11) is 0. The smallest absolute Gasteiger partial charge is 0.133 e. The van der Waals surface area contributed by atoms with Crippen LogP contribution in [0, 0.1) is 5.92 Å². The molecular formula is C19H29ClO2. The molecule has 1 aromatic carbocycles. The molecule has 0 aliphatic rings. The van der Waals surface area contributed by atoms with E-state index in [2.05, 4.69) is 20.8 Å². The van der Waals surface area contributed by atoms with E-state index in [-0.39, 0.29) is 0 Å². The Hall–Kier alpha value is -1.02. The minimum Gasteiger partial charge on any atom is -0.493 e. The number of carbonyl (C=O) groups excluding carboxylic acids is 1. The van der Waals surface area contributed by atoms with Gasteiger partial charge in [-0.3, -0.25) is 4.79 Å². The normalized spacial score (nSPS) is 12.5. The van der Waals surface area contributed by atoms with Gasteiger partial charge in [0.25, 0.3) is 0 Å². The van der Waals surface area contributed by atoms with E-state index in [0.29, 0.717) is 37.1 Å². The van der Waals surface area contributed by atoms with Crippen molar-refractivity contribution < 1.29 is 9.53 Å². The number of hydrogen-bond donors (Lipinski definition) is 0. The summed E-state index contributed by atoms with van der Waals surface area (Å²) >= 11 is 6.28. The Kier molecular flexibility index (Phi) is 7.95. The molecule has 0 spiro atoms. The lowest BCUT2D eigenvalue weighted by molar-refractivity contribution is -0.119. The molecule has 0 aliphatic heterocycles. The molecule has 0 amide bonds. The fraction of sp³-hybridized carbons (Fsp3) is 0.632. The van der Waals surface area contributed by atoms with Gasteiger partial charge in [0.05, 0.1) is 6.61 Å². The van der Waals surface area contributed by atoms with Crippen molar-refractivity contribution in [2.45, 2.75) is 66.2 Å². The number of benzene rings is 1. The number of rotatable bonds is 9. The van der Waals surface area contributed by atoms with Gasteiger partial charge in [-0.15, -0.1) is 0 Å². The molecular weight excluding hydrogens is 296 g/mol. The summed E-state index contributed by atoms with van der Waals surface area (Å²) in [4.78, 5) is 11.8. The fourth-order valence-electron chi connectivity index (χ4n) is 2.79. The summed E-state index contributed by atoms with van der Waals surface area (Å²) in [6, 6.07) is 3.98. The minimum atomic E-state index is 0.303. The molecule has 1 aromatic rings. The second-order valence-electron chi connectivity index (χ2n) is 6.37. The number of Topliss-reactive ketones (excluding diaryl/α,β-unsaturated/α-hetero) is 1. The van der Waals surface area contributed by atoms with Crippen LogP contribution in [0.15, 0.2) is 12.1 Å². The molecule has 3 heteroatoms. The Labute approximate surface area is 140 Å². The maximum Gasteiger partial charge on any atom is 0.133 e. The van der Waals surface area contributed by atoms with Gasteiger partial charge in [-0.05, 0) is 54.9 Å². The third-order valence-corrected chi connectivity index (χ3v) is 3.96. The summed E-state index contributed by atoms with van der Waals surface area (Å²) in [5.41, 5.74) is 2.27. The summed E-state index contributed by atoms with van der Waals surface area (Å²) in [6.07, 6.45) is 3.05. The van der Waals surface area contributed by atoms with Gasteiger partial charge >= 0.3 is 0 Å². The molecule has 124 valence electrons. The largest absolute Gasteiger partial charge is 0.493 e. The van der Waals surface area contributed by atoms with Crippen LogP contribution in [0.25, 0.3) is 0 Å². The van der Waals surface area contributed by atoms with E-state index in [9.17, 15) is 4.79 Å². The minimum absolute atomic E-state index is 0.303. The van der Waals surface area contributed by atoms with Crippen molar-refractivity contribution >= 4 is 17.4 Å². The third-order valence-electron chi connectivity index (χ3n) is 3.74. The monoisotopic (exact) mass is 324 g/mol. The van der Waals surface area contributed by atoms with Crippen LogP contribution < -0.4 is 4.74 Å². The van der Waals surface area contributed by atoms with Crippen molar-refractivity contribution in [1.29, 1.82) is 0 Å². The Morgan fingerprint density at radius 2 is 1.91 bits per heavy atom. The van der Waals surface area contributed by atoms with Crippen LogP contribution in [-0.4, -0.2) is 12.4 Å². The van der Waals surface area contributed by atoms with Crippen molar-refractivity contribution in [2.24, 2.45) is 5.92 Å². The molecule has 22 heavy (non-hydrogen) atoms. The molecule has 0 bridgehead atoms. The first-order chi connectivity index (χ1) is 10.4. The number of halogens is 1. The average molecular weight is 325 g/mol. The van der Waals surface area contributed by atoms with Crippen LogP contribution in [0.5, 0.6) is 5.75 Å². The lowest BCUT2D eigenvalue weighted by Gasteiger charge is -2.20. The molecule has 0 aliphatic carbocycles. The zero-order valence-electron chi connectivity index (χ0n) is 14.5. The number of ether oxygens (including phenoxy) is 1. The predicted octanol–water partition coefficient (Wildman–Crippen LogP) is 5.80. The maximum absolute atomic E-state index is 11.8. The molecule has 1 rings (SSSR count). The first-order valence-corrected chi connectivity index (χ1v) is 8.73. The van der Waals surface area contributed by atoms with Gasteiger partial charge in [0.15, 0.2) is 0 Å². The van der Waals surface area contributed by atoms with Crippen LogP contribution in [0.1, 0.15) is 70.9 Å². The summed E-state index contributed by atoms with van der Waals surface area (Å²) < 4.78 is 5.89. The standard InChI is InChI=1S/C19H29ClO2/c1-6-8-17(21)10-14(5)9-15-11-16(20)12-18(13(3)4)19(15)22-7-2/h11-14H,6-10H2,1-5H3. The van der Waals surface area contributed by atoms with Crippen LogP contribution in [0.3, 0.4) is 0 Å². The quantitative estimate of drug-likeness (QED) is 0.573. The van der Waals surface area contributed by atoms with E-state index in [1.807, 2.05) is 26.0 Å². The van der Waals surface area contributed by atoms with Crippen molar-refractivity contribution in [3.63, 3.8) is 0 Å².